The zero-order valence-electron chi connectivity index (χ0n) is 27.2. The Morgan fingerprint density at radius 1 is 0.300 bits per heavy atom. The van der Waals surface area contributed by atoms with Crippen molar-refractivity contribution >= 4 is 21.7 Å². The fourth-order valence-electron chi connectivity index (χ4n) is 6.95. The minimum absolute atomic E-state index is 0.691. The molecule has 0 bridgehead atoms. The first-order chi connectivity index (χ1) is 24.8. The van der Waals surface area contributed by atoms with Crippen LogP contribution in [0.2, 0.25) is 0 Å². The molecule has 0 unspecified atom stereocenters. The fraction of sp³-hybridized carbons (Fsp3) is 0. The van der Waals surface area contributed by atoms with E-state index in [4.69, 9.17) is 15.0 Å². The van der Waals surface area contributed by atoms with Crippen LogP contribution in [0.4, 0.5) is 0 Å². The first-order valence-corrected chi connectivity index (χ1v) is 16.9. The van der Waals surface area contributed by atoms with Gasteiger partial charge in [0.1, 0.15) is 0 Å². The highest BCUT2D eigenvalue weighted by Gasteiger charge is 2.22. The third-order valence-electron chi connectivity index (χ3n) is 9.28. The van der Waals surface area contributed by atoms with Crippen molar-refractivity contribution in [2.75, 3.05) is 0 Å². The molecule has 0 saturated heterocycles. The number of nitrogens with zero attached hydrogens (tertiary/aromatic N) is 3. The van der Waals surface area contributed by atoms with Gasteiger partial charge in [0.25, 0.3) is 0 Å². The molecule has 0 fully saturated rings. The van der Waals surface area contributed by atoms with Gasteiger partial charge in [-0.2, -0.15) is 0 Å². The van der Waals surface area contributed by atoms with Crippen molar-refractivity contribution < 1.29 is 0 Å². The maximum absolute atomic E-state index is 5.42. The molecule has 50 heavy (non-hydrogen) atoms. The Kier molecular flexibility index (Phi) is 7.49. The first kappa shape index (κ1) is 29.4. The molecule has 234 valence electrons. The Balaban J connectivity index is 1.38. The van der Waals surface area contributed by atoms with Gasteiger partial charge in [0.05, 0.1) is 22.6 Å². The molecule has 9 aromatic rings. The largest absolute Gasteiger partial charge is 0.247 e. The van der Waals surface area contributed by atoms with Crippen LogP contribution >= 0.6 is 0 Å². The SMILES string of the molecule is c1ccc(-c2nc(-c3ccccc3)c(-c3ccc4c(c3)nc(-c3ccccc3)c3cccc(-c5ccccc5)c34)c(-c3ccccc3)n2)cc1. The minimum atomic E-state index is 0.691. The van der Waals surface area contributed by atoms with Crippen molar-refractivity contribution in [1.29, 1.82) is 0 Å². The zero-order chi connectivity index (χ0) is 33.3. The van der Waals surface area contributed by atoms with Crippen molar-refractivity contribution in [3.63, 3.8) is 0 Å². The van der Waals surface area contributed by atoms with Crippen LogP contribution in [0.5, 0.6) is 0 Å². The molecule has 0 amide bonds. The summed E-state index contributed by atoms with van der Waals surface area (Å²) in [6.45, 7) is 0. The molecule has 0 aliphatic carbocycles. The van der Waals surface area contributed by atoms with Crippen LogP contribution in [-0.4, -0.2) is 15.0 Å². The third kappa shape index (κ3) is 5.32. The van der Waals surface area contributed by atoms with Gasteiger partial charge in [-0.3, -0.25) is 0 Å². The summed E-state index contributed by atoms with van der Waals surface area (Å²) in [5.41, 5.74) is 12.1. The van der Waals surface area contributed by atoms with Crippen molar-refractivity contribution in [3.8, 4) is 67.4 Å². The fourth-order valence-corrected chi connectivity index (χ4v) is 6.95. The molecule has 0 aliphatic heterocycles. The molecule has 0 N–H and O–H groups in total. The molecule has 7 aromatic carbocycles. The molecule has 0 aliphatic rings. The number of pyridine rings is 1. The highest BCUT2D eigenvalue weighted by Crippen LogP contribution is 2.43. The van der Waals surface area contributed by atoms with E-state index in [1.54, 1.807) is 0 Å². The average Bonchev–Trinajstić information content (AvgIpc) is 3.21. The Bertz CT molecular complexity index is 2540. The lowest BCUT2D eigenvalue weighted by molar-refractivity contribution is 1.18. The van der Waals surface area contributed by atoms with Crippen molar-refractivity contribution in [1.82, 2.24) is 15.0 Å². The van der Waals surface area contributed by atoms with Crippen LogP contribution in [0, 0.1) is 0 Å². The van der Waals surface area contributed by atoms with E-state index in [-0.39, 0.29) is 0 Å². The maximum Gasteiger partial charge on any atom is 0.160 e. The van der Waals surface area contributed by atoms with Crippen LogP contribution in [0.1, 0.15) is 0 Å². The van der Waals surface area contributed by atoms with Gasteiger partial charge in [0.2, 0.25) is 0 Å². The normalized spacial score (nSPS) is 11.2. The van der Waals surface area contributed by atoms with Crippen molar-refractivity contribution in [2.24, 2.45) is 0 Å². The molecule has 2 aromatic heterocycles. The van der Waals surface area contributed by atoms with Crippen LogP contribution in [0.3, 0.4) is 0 Å². The van der Waals surface area contributed by atoms with E-state index >= 15 is 0 Å². The number of fused-ring (bicyclic) bond motifs is 3. The van der Waals surface area contributed by atoms with E-state index in [2.05, 4.69) is 158 Å². The van der Waals surface area contributed by atoms with E-state index in [0.29, 0.717) is 5.82 Å². The van der Waals surface area contributed by atoms with E-state index in [1.807, 2.05) is 30.3 Å². The van der Waals surface area contributed by atoms with Gasteiger partial charge in [-0.05, 0) is 22.8 Å². The molecule has 3 heteroatoms. The van der Waals surface area contributed by atoms with Crippen LogP contribution in [0.15, 0.2) is 188 Å². The van der Waals surface area contributed by atoms with Crippen LogP contribution in [0.25, 0.3) is 89.1 Å². The van der Waals surface area contributed by atoms with Gasteiger partial charge in [0, 0.05) is 44.0 Å². The molecule has 0 radical (unpaired) electrons. The van der Waals surface area contributed by atoms with E-state index in [1.165, 1.54) is 16.5 Å². The van der Waals surface area contributed by atoms with Gasteiger partial charge in [-0.1, -0.05) is 182 Å². The lowest BCUT2D eigenvalue weighted by atomic mass is 9.90. The second-order valence-electron chi connectivity index (χ2n) is 12.4. The van der Waals surface area contributed by atoms with E-state index < -0.39 is 0 Å². The summed E-state index contributed by atoms with van der Waals surface area (Å²) in [4.78, 5) is 16.0. The molecular formula is C47H31N3. The summed E-state index contributed by atoms with van der Waals surface area (Å²) in [5.74, 6) is 0.691. The number of benzene rings is 7. The number of aromatic nitrogens is 3. The maximum atomic E-state index is 5.42. The molecule has 9 rings (SSSR count). The predicted octanol–water partition coefficient (Wildman–Crippen LogP) is 12.2. The highest BCUT2D eigenvalue weighted by atomic mass is 14.9. The number of hydrogen-bond acceptors (Lipinski definition) is 3. The Labute approximate surface area is 291 Å². The predicted molar refractivity (Wildman–Crippen MR) is 207 cm³/mol. The second kappa shape index (κ2) is 12.7. The molecule has 0 atom stereocenters. The molecule has 0 spiro atoms. The smallest absolute Gasteiger partial charge is 0.160 e. The molecule has 2 heterocycles. The highest BCUT2D eigenvalue weighted by molar-refractivity contribution is 6.17. The van der Waals surface area contributed by atoms with Crippen LogP contribution in [-0.2, 0) is 0 Å². The van der Waals surface area contributed by atoms with Crippen molar-refractivity contribution in [3.05, 3.63) is 188 Å². The van der Waals surface area contributed by atoms with Gasteiger partial charge >= 0.3 is 0 Å². The summed E-state index contributed by atoms with van der Waals surface area (Å²) in [5, 5.41) is 3.42. The standard InChI is InChI=1S/C47H31N3/c1-6-17-32(18-7-1)38-27-16-28-40-43(38)39-30-29-37(31-41(39)48-44(40)33-19-8-2-9-20-33)42-45(34-21-10-3-11-22-34)49-47(36-25-14-5-15-26-36)50-46(42)35-23-12-4-13-24-35/h1-31H. The zero-order valence-corrected chi connectivity index (χ0v) is 27.2. The summed E-state index contributed by atoms with van der Waals surface area (Å²) in [7, 11) is 0. The summed E-state index contributed by atoms with van der Waals surface area (Å²) in [6.07, 6.45) is 0. The summed E-state index contributed by atoms with van der Waals surface area (Å²) < 4.78 is 0. The lowest BCUT2D eigenvalue weighted by Gasteiger charge is -2.18. The summed E-state index contributed by atoms with van der Waals surface area (Å²) in [6, 6.07) is 65.4. The van der Waals surface area contributed by atoms with E-state index in [0.717, 1.165) is 66.8 Å². The minimum Gasteiger partial charge on any atom is -0.247 e. The lowest BCUT2D eigenvalue weighted by Crippen LogP contribution is -2.01. The molecular weight excluding hydrogens is 607 g/mol. The quantitative estimate of drug-likeness (QED) is 0.170. The van der Waals surface area contributed by atoms with Crippen LogP contribution < -0.4 is 0 Å². The number of hydrogen-bond donors (Lipinski definition) is 0. The second-order valence-corrected chi connectivity index (χ2v) is 12.4. The van der Waals surface area contributed by atoms with Gasteiger partial charge < -0.3 is 0 Å². The van der Waals surface area contributed by atoms with Gasteiger partial charge in [-0.15, -0.1) is 0 Å². The van der Waals surface area contributed by atoms with Gasteiger partial charge in [-0.25, -0.2) is 15.0 Å². The average molecular weight is 638 g/mol. The van der Waals surface area contributed by atoms with E-state index in [9.17, 15) is 0 Å². The molecule has 0 saturated carbocycles. The third-order valence-corrected chi connectivity index (χ3v) is 9.28. The number of rotatable bonds is 6. The molecule has 3 nitrogen and oxygen atoms in total. The topological polar surface area (TPSA) is 38.7 Å². The van der Waals surface area contributed by atoms with Gasteiger partial charge in [0.15, 0.2) is 5.82 Å². The summed E-state index contributed by atoms with van der Waals surface area (Å²) >= 11 is 0. The Morgan fingerprint density at radius 3 is 1.32 bits per heavy atom. The monoisotopic (exact) mass is 637 g/mol. The first-order valence-electron chi connectivity index (χ1n) is 16.9. The Morgan fingerprint density at radius 2 is 0.780 bits per heavy atom. The van der Waals surface area contributed by atoms with Crippen molar-refractivity contribution in [2.45, 2.75) is 0 Å². The Hall–Kier alpha value is -6.71.